The molecule has 3 rings (SSSR count). The number of thioether (sulfide) groups is 1. The van der Waals surface area contributed by atoms with Crippen LogP contribution in [-0.4, -0.2) is 20.3 Å². The summed E-state index contributed by atoms with van der Waals surface area (Å²) in [6.45, 7) is 0.759. The minimum absolute atomic E-state index is 0.375. The van der Waals surface area contributed by atoms with Crippen molar-refractivity contribution in [3.63, 3.8) is 0 Å². The van der Waals surface area contributed by atoms with Crippen LogP contribution >= 0.6 is 46.3 Å². The predicted octanol–water partition coefficient (Wildman–Crippen LogP) is 4.44. The lowest BCUT2D eigenvalue weighted by molar-refractivity contribution is 0.964. The first-order valence-corrected chi connectivity index (χ1v) is 8.81. The Morgan fingerprint density at radius 3 is 2.75 bits per heavy atom. The van der Waals surface area contributed by atoms with Gasteiger partial charge in [-0.05, 0) is 12.0 Å². The molecule has 106 valence electrons. The normalized spacial score (nSPS) is 19.8. The first kappa shape index (κ1) is 14.4. The van der Waals surface area contributed by atoms with E-state index in [1.165, 1.54) is 5.56 Å². The van der Waals surface area contributed by atoms with Crippen molar-refractivity contribution in [1.82, 2.24) is 10.2 Å². The fraction of sp³-hybridized carbons (Fsp3) is 0.385. The second kappa shape index (κ2) is 6.10. The van der Waals surface area contributed by atoms with Gasteiger partial charge in [0.05, 0.1) is 0 Å². The Hall–Kier alpha value is -0.490. The zero-order valence-electron chi connectivity index (χ0n) is 10.6. The highest BCUT2D eigenvalue weighted by molar-refractivity contribution is 8.01. The molecule has 1 aromatic heterocycles. The van der Waals surface area contributed by atoms with E-state index >= 15 is 0 Å². The molecule has 0 radical (unpaired) electrons. The monoisotopic (exact) mass is 345 g/mol. The van der Waals surface area contributed by atoms with Crippen LogP contribution < -0.4 is 5.32 Å². The van der Waals surface area contributed by atoms with E-state index in [2.05, 4.69) is 27.6 Å². The van der Waals surface area contributed by atoms with Crippen LogP contribution in [0.15, 0.2) is 34.7 Å². The molecule has 1 aliphatic carbocycles. The van der Waals surface area contributed by atoms with Gasteiger partial charge in [-0.2, -0.15) is 0 Å². The zero-order chi connectivity index (χ0) is 14.0. The second-order valence-electron chi connectivity index (χ2n) is 4.69. The molecule has 7 heteroatoms. The number of alkyl halides is 2. The number of nitrogens with one attached hydrogen (secondary N) is 1. The van der Waals surface area contributed by atoms with Crippen molar-refractivity contribution in [3.8, 4) is 0 Å². The van der Waals surface area contributed by atoms with Crippen LogP contribution in [0.4, 0.5) is 5.13 Å². The molecule has 2 aromatic rings. The number of rotatable bonds is 6. The maximum Gasteiger partial charge on any atom is 0.206 e. The standard InChI is InChI=1S/C13H13Cl2N3S2/c14-13(15)6-10(13)8-19-12-18-17-11(20-12)16-7-9-4-2-1-3-5-9/h1-5,10H,6-8H2,(H,16,17)/t10-/m0/s1. The van der Waals surface area contributed by atoms with Crippen molar-refractivity contribution in [2.45, 2.75) is 21.6 Å². The third kappa shape index (κ3) is 3.79. The topological polar surface area (TPSA) is 37.8 Å². The van der Waals surface area contributed by atoms with Gasteiger partial charge in [-0.3, -0.25) is 0 Å². The van der Waals surface area contributed by atoms with Crippen LogP contribution in [0, 0.1) is 5.92 Å². The number of anilines is 1. The molecule has 20 heavy (non-hydrogen) atoms. The highest BCUT2D eigenvalue weighted by Crippen LogP contribution is 2.54. The minimum atomic E-state index is -0.508. The van der Waals surface area contributed by atoms with Gasteiger partial charge < -0.3 is 5.32 Å². The summed E-state index contributed by atoms with van der Waals surface area (Å²) in [5.41, 5.74) is 1.23. The first-order chi connectivity index (χ1) is 9.63. The second-order valence-corrected chi connectivity index (χ2v) is 8.47. The number of hydrogen-bond acceptors (Lipinski definition) is 5. The van der Waals surface area contributed by atoms with Crippen LogP contribution in [-0.2, 0) is 6.54 Å². The van der Waals surface area contributed by atoms with E-state index in [1.807, 2.05) is 18.2 Å². The Labute approximate surface area is 136 Å². The SMILES string of the molecule is ClC1(Cl)C[C@H]1CSc1nnc(NCc2ccccc2)s1. The maximum atomic E-state index is 6.00. The fourth-order valence-electron chi connectivity index (χ4n) is 1.74. The third-order valence-corrected chi connectivity index (χ3v) is 6.16. The molecule has 3 nitrogen and oxygen atoms in total. The smallest absolute Gasteiger partial charge is 0.206 e. The molecule has 0 saturated heterocycles. The first-order valence-electron chi connectivity index (χ1n) is 6.25. The summed E-state index contributed by atoms with van der Waals surface area (Å²) in [5, 5.41) is 12.4. The number of aromatic nitrogens is 2. The average molecular weight is 346 g/mol. The Morgan fingerprint density at radius 1 is 1.30 bits per heavy atom. The average Bonchev–Trinajstić information content (AvgIpc) is 2.87. The molecule has 1 atom stereocenters. The number of halogens is 2. The van der Waals surface area contributed by atoms with Gasteiger partial charge in [-0.15, -0.1) is 33.4 Å². The van der Waals surface area contributed by atoms with Crippen molar-refractivity contribution < 1.29 is 0 Å². The van der Waals surface area contributed by atoms with E-state index in [1.54, 1.807) is 23.1 Å². The molecule has 1 heterocycles. The van der Waals surface area contributed by atoms with Crippen molar-refractivity contribution in [2.75, 3.05) is 11.1 Å². The van der Waals surface area contributed by atoms with Crippen molar-refractivity contribution in [3.05, 3.63) is 35.9 Å². The van der Waals surface area contributed by atoms with Crippen molar-refractivity contribution in [1.29, 1.82) is 0 Å². The van der Waals surface area contributed by atoms with E-state index in [-0.39, 0.29) is 0 Å². The molecule has 1 fully saturated rings. The highest BCUT2D eigenvalue weighted by atomic mass is 35.5. The summed E-state index contributed by atoms with van der Waals surface area (Å²) >= 11 is 15.2. The van der Waals surface area contributed by atoms with Gasteiger partial charge in [0, 0.05) is 18.2 Å². The van der Waals surface area contributed by atoms with E-state index in [9.17, 15) is 0 Å². The van der Waals surface area contributed by atoms with Gasteiger partial charge in [0.1, 0.15) is 4.33 Å². The van der Waals surface area contributed by atoms with Gasteiger partial charge in [0.15, 0.2) is 4.34 Å². The molecular formula is C13H13Cl2N3S2. The van der Waals surface area contributed by atoms with Crippen LogP contribution in [0.3, 0.4) is 0 Å². The Kier molecular flexibility index (Phi) is 4.40. The number of benzene rings is 1. The summed E-state index contributed by atoms with van der Waals surface area (Å²) in [7, 11) is 0. The lowest BCUT2D eigenvalue weighted by atomic mass is 10.2. The quantitative estimate of drug-likeness (QED) is 0.620. The maximum absolute atomic E-state index is 6.00. The highest BCUT2D eigenvalue weighted by Gasteiger charge is 2.51. The van der Waals surface area contributed by atoms with E-state index < -0.39 is 4.33 Å². The molecule has 0 bridgehead atoms. The number of hydrogen-bond donors (Lipinski definition) is 1. The lowest BCUT2D eigenvalue weighted by Crippen LogP contribution is -1.98. The summed E-state index contributed by atoms with van der Waals surface area (Å²) in [6.07, 6.45) is 0.876. The number of nitrogens with zero attached hydrogens (tertiary/aromatic N) is 2. The van der Waals surface area contributed by atoms with Crippen LogP contribution in [0.5, 0.6) is 0 Å². The van der Waals surface area contributed by atoms with Gasteiger partial charge >= 0.3 is 0 Å². The molecule has 1 aliphatic rings. The summed E-state index contributed by atoms with van der Waals surface area (Å²) in [6, 6.07) is 10.2. The molecule has 0 spiro atoms. The summed E-state index contributed by atoms with van der Waals surface area (Å²) < 4.78 is 0.447. The van der Waals surface area contributed by atoms with Gasteiger partial charge in [0.25, 0.3) is 0 Å². The summed E-state index contributed by atoms with van der Waals surface area (Å²) in [4.78, 5) is 0. The van der Waals surface area contributed by atoms with E-state index in [4.69, 9.17) is 23.2 Å². The minimum Gasteiger partial charge on any atom is -0.356 e. The van der Waals surface area contributed by atoms with Crippen LogP contribution in [0.2, 0.25) is 0 Å². The Balaban J connectivity index is 1.47. The zero-order valence-corrected chi connectivity index (χ0v) is 13.7. The molecule has 0 amide bonds. The van der Waals surface area contributed by atoms with E-state index in [0.717, 1.165) is 28.2 Å². The molecule has 1 aromatic carbocycles. The van der Waals surface area contributed by atoms with Crippen molar-refractivity contribution in [2.24, 2.45) is 5.92 Å². The molecule has 1 saturated carbocycles. The van der Waals surface area contributed by atoms with Crippen LogP contribution in [0.25, 0.3) is 0 Å². The summed E-state index contributed by atoms with van der Waals surface area (Å²) in [5.74, 6) is 1.28. The fourth-order valence-corrected chi connectivity index (χ4v) is 4.44. The molecular weight excluding hydrogens is 333 g/mol. The Bertz CT molecular complexity index is 574. The van der Waals surface area contributed by atoms with Gasteiger partial charge in [-0.25, -0.2) is 0 Å². The van der Waals surface area contributed by atoms with Crippen molar-refractivity contribution >= 4 is 51.4 Å². The largest absolute Gasteiger partial charge is 0.356 e. The van der Waals surface area contributed by atoms with Gasteiger partial charge in [0.2, 0.25) is 5.13 Å². The third-order valence-electron chi connectivity index (χ3n) is 3.06. The molecule has 1 N–H and O–H groups in total. The predicted molar refractivity (Wildman–Crippen MR) is 86.9 cm³/mol. The molecule has 0 aliphatic heterocycles. The van der Waals surface area contributed by atoms with E-state index in [0.29, 0.717) is 5.92 Å². The van der Waals surface area contributed by atoms with Crippen LogP contribution in [0.1, 0.15) is 12.0 Å². The lowest BCUT2D eigenvalue weighted by Gasteiger charge is -2.01. The Morgan fingerprint density at radius 2 is 2.05 bits per heavy atom. The molecule has 0 unspecified atom stereocenters. The van der Waals surface area contributed by atoms with Gasteiger partial charge in [-0.1, -0.05) is 53.4 Å².